The second-order valence-corrected chi connectivity index (χ2v) is 9.23. The van der Waals surface area contributed by atoms with Crippen molar-refractivity contribution in [2.24, 2.45) is 0 Å². The lowest BCUT2D eigenvalue weighted by atomic mass is 10.0. The fourth-order valence-corrected chi connectivity index (χ4v) is 3.45. The summed E-state index contributed by atoms with van der Waals surface area (Å²) in [6.07, 6.45) is 20.8. The summed E-state index contributed by atoms with van der Waals surface area (Å²) < 4.78 is 10.2. The van der Waals surface area contributed by atoms with Crippen LogP contribution in [-0.2, 0) is 19.1 Å². The molecule has 0 fully saturated rings. The zero-order valence-corrected chi connectivity index (χ0v) is 20.5. The Morgan fingerprint density at radius 3 is 1.47 bits per heavy atom. The third-order valence-electron chi connectivity index (χ3n) is 5.25. The van der Waals surface area contributed by atoms with Crippen LogP contribution in [0.15, 0.2) is 0 Å². The molecule has 0 aromatic heterocycles. The van der Waals surface area contributed by atoms with Crippen LogP contribution in [0.4, 0.5) is 0 Å². The van der Waals surface area contributed by atoms with Gasteiger partial charge in [0.05, 0.1) is 12.0 Å². The summed E-state index contributed by atoms with van der Waals surface area (Å²) in [5, 5.41) is -0.186. The number of unbranched alkanes of at least 4 members (excludes halogenated alkanes) is 14. The summed E-state index contributed by atoms with van der Waals surface area (Å²) >= 11 is 5.71. The smallest absolute Gasteiger partial charge is 0.305 e. The Balaban J connectivity index is 3.23. The van der Waals surface area contributed by atoms with Crippen LogP contribution >= 0.6 is 11.6 Å². The SMILES string of the molecule is CCCCCCCCCCCCCCCCCOC(=O)CCCC(=O)OCC(C)Cl. The first kappa shape index (κ1) is 29.2. The first-order valence-electron chi connectivity index (χ1n) is 12.5. The summed E-state index contributed by atoms with van der Waals surface area (Å²) in [7, 11) is 0. The molecule has 0 heterocycles. The molecule has 0 aromatic carbocycles. The molecule has 0 aliphatic rings. The molecule has 0 aliphatic carbocycles. The van der Waals surface area contributed by atoms with Crippen LogP contribution in [0.1, 0.15) is 129 Å². The summed E-state index contributed by atoms with van der Waals surface area (Å²) in [6.45, 7) is 4.74. The van der Waals surface area contributed by atoms with Gasteiger partial charge in [-0.1, -0.05) is 96.8 Å². The zero-order valence-electron chi connectivity index (χ0n) is 19.7. The van der Waals surface area contributed by atoms with Gasteiger partial charge in [-0.25, -0.2) is 0 Å². The normalized spacial score (nSPS) is 12.0. The topological polar surface area (TPSA) is 52.6 Å². The van der Waals surface area contributed by atoms with E-state index in [1.54, 1.807) is 6.92 Å². The number of ether oxygens (including phenoxy) is 2. The highest BCUT2D eigenvalue weighted by molar-refractivity contribution is 6.20. The van der Waals surface area contributed by atoms with Gasteiger partial charge in [-0.15, -0.1) is 11.6 Å². The molecule has 0 spiro atoms. The molecule has 0 saturated heterocycles. The van der Waals surface area contributed by atoms with Gasteiger partial charge in [0.2, 0.25) is 0 Å². The Hall–Kier alpha value is -0.770. The average Bonchev–Trinajstić information content (AvgIpc) is 2.72. The van der Waals surface area contributed by atoms with Crippen molar-refractivity contribution in [2.75, 3.05) is 13.2 Å². The molecule has 0 saturated carbocycles. The molecule has 4 nitrogen and oxygen atoms in total. The number of carbonyl (C=O) groups excluding carboxylic acids is 2. The van der Waals surface area contributed by atoms with Crippen LogP contribution < -0.4 is 0 Å². The molecule has 1 unspecified atom stereocenters. The second kappa shape index (κ2) is 22.9. The molecular formula is C25H47ClO4. The van der Waals surface area contributed by atoms with Crippen molar-refractivity contribution >= 4 is 23.5 Å². The van der Waals surface area contributed by atoms with E-state index in [-0.39, 0.29) is 36.8 Å². The maximum Gasteiger partial charge on any atom is 0.305 e. The van der Waals surface area contributed by atoms with Crippen molar-refractivity contribution in [3.63, 3.8) is 0 Å². The predicted octanol–water partition coefficient (Wildman–Crippen LogP) is 7.74. The molecule has 0 bridgehead atoms. The van der Waals surface area contributed by atoms with Gasteiger partial charge in [0.15, 0.2) is 0 Å². The van der Waals surface area contributed by atoms with Crippen LogP contribution in [0.3, 0.4) is 0 Å². The Morgan fingerprint density at radius 1 is 0.633 bits per heavy atom. The summed E-state index contributed by atoms with van der Waals surface area (Å²) in [5.41, 5.74) is 0. The number of rotatable bonds is 22. The van der Waals surface area contributed by atoms with Crippen LogP contribution in [0, 0.1) is 0 Å². The van der Waals surface area contributed by atoms with E-state index in [1.807, 2.05) is 0 Å². The molecule has 0 rings (SSSR count). The number of carbonyl (C=O) groups is 2. The molecule has 0 radical (unpaired) electrons. The maximum absolute atomic E-state index is 11.6. The minimum atomic E-state index is -0.308. The van der Waals surface area contributed by atoms with E-state index in [2.05, 4.69) is 6.92 Å². The summed E-state index contributed by atoms with van der Waals surface area (Å²) in [4.78, 5) is 23.1. The first-order chi connectivity index (χ1) is 14.6. The van der Waals surface area contributed by atoms with Crippen LogP contribution in [-0.4, -0.2) is 30.5 Å². The summed E-state index contributed by atoms with van der Waals surface area (Å²) in [5.74, 6) is -0.531. The van der Waals surface area contributed by atoms with Gasteiger partial charge >= 0.3 is 11.9 Å². The Kier molecular flexibility index (Phi) is 22.3. The Bertz CT molecular complexity index is 399. The maximum atomic E-state index is 11.6. The fraction of sp³-hybridized carbons (Fsp3) is 0.920. The van der Waals surface area contributed by atoms with Crippen molar-refractivity contribution in [3.8, 4) is 0 Å². The minimum Gasteiger partial charge on any atom is -0.466 e. The van der Waals surface area contributed by atoms with Crippen molar-refractivity contribution in [1.82, 2.24) is 0 Å². The van der Waals surface area contributed by atoms with Gasteiger partial charge in [-0.3, -0.25) is 9.59 Å². The van der Waals surface area contributed by atoms with Crippen molar-refractivity contribution in [2.45, 2.75) is 135 Å². The summed E-state index contributed by atoms with van der Waals surface area (Å²) in [6, 6.07) is 0. The lowest BCUT2D eigenvalue weighted by molar-refractivity contribution is -0.145. The van der Waals surface area contributed by atoms with E-state index in [4.69, 9.17) is 21.1 Å². The number of esters is 2. The van der Waals surface area contributed by atoms with E-state index < -0.39 is 0 Å². The quantitative estimate of drug-likeness (QED) is 0.0968. The number of hydrogen-bond acceptors (Lipinski definition) is 4. The minimum absolute atomic E-state index is 0.186. The van der Waals surface area contributed by atoms with Crippen molar-refractivity contribution < 1.29 is 19.1 Å². The molecule has 5 heteroatoms. The van der Waals surface area contributed by atoms with Gasteiger partial charge in [0.25, 0.3) is 0 Å². The predicted molar refractivity (Wildman–Crippen MR) is 126 cm³/mol. The monoisotopic (exact) mass is 446 g/mol. The Labute approximate surface area is 190 Å². The molecule has 0 aromatic rings. The van der Waals surface area contributed by atoms with Gasteiger partial charge in [-0.05, 0) is 19.8 Å². The van der Waals surface area contributed by atoms with Crippen molar-refractivity contribution in [1.29, 1.82) is 0 Å². The van der Waals surface area contributed by atoms with E-state index in [0.29, 0.717) is 13.0 Å². The van der Waals surface area contributed by atoms with Crippen molar-refractivity contribution in [3.05, 3.63) is 0 Å². The molecular weight excluding hydrogens is 400 g/mol. The third-order valence-corrected chi connectivity index (χ3v) is 5.37. The molecule has 30 heavy (non-hydrogen) atoms. The molecule has 0 amide bonds. The molecule has 1 atom stereocenters. The zero-order chi connectivity index (χ0) is 22.3. The van der Waals surface area contributed by atoms with Gasteiger partial charge in [-0.2, -0.15) is 0 Å². The highest BCUT2D eigenvalue weighted by Gasteiger charge is 2.08. The van der Waals surface area contributed by atoms with Crippen LogP contribution in [0.2, 0.25) is 0 Å². The van der Waals surface area contributed by atoms with E-state index in [9.17, 15) is 9.59 Å². The van der Waals surface area contributed by atoms with Gasteiger partial charge in [0, 0.05) is 12.8 Å². The lowest BCUT2D eigenvalue weighted by Crippen LogP contribution is -2.12. The molecule has 0 aliphatic heterocycles. The van der Waals surface area contributed by atoms with E-state index in [1.165, 1.54) is 83.5 Å². The third kappa shape index (κ3) is 23.5. The fourth-order valence-electron chi connectivity index (χ4n) is 3.39. The van der Waals surface area contributed by atoms with Crippen LogP contribution in [0.25, 0.3) is 0 Å². The lowest BCUT2D eigenvalue weighted by Gasteiger charge is -2.07. The standard InChI is InChI=1S/C25H47ClO4/c1-3-4-5-6-7-8-9-10-11-12-13-14-15-16-17-21-29-24(27)19-18-20-25(28)30-22-23(2)26/h23H,3-22H2,1-2H3. The van der Waals surface area contributed by atoms with Gasteiger partial charge < -0.3 is 9.47 Å². The van der Waals surface area contributed by atoms with E-state index >= 15 is 0 Å². The largest absolute Gasteiger partial charge is 0.466 e. The number of halogens is 1. The molecule has 0 N–H and O–H groups in total. The van der Waals surface area contributed by atoms with Gasteiger partial charge in [0.1, 0.15) is 6.61 Å². The second-order valence-electron chi connectivity index (χ2n) is 8.49. The first-order valence-corrected chi connectivity index (χ1v) is 12.9. The average molecular weight is 447 g/mol. The Morgan fingerprint density at radius 2 is 1.03 bits per heavy atom. The highest BCUT2D eigenvalue weighted by atomic mass is 35.5. The number of alkyl halides is 1. The van der Waals surface area contributed by atoms with E-state index in [0.717, 1.165) is 12.8 Å². The molecule has 178 valence electrons. The highest BCUT2D eigenvalue weighted by Crippen LogP contribution is 2.13. The number of hydrogen-bond donors (Lipinski definition) is 0. The van der Waals surface area contributed by atoms with Crippen LogP contribution in [0.5, 0.6) is 0 Å².